The van der Waals surface area contributed by atoms with E-state index in [1.165, 1.54) is 25.0 Å². The van der Waals surface area contributed by atoms with Crippen LogP contribution in [0.25, 0.3) is 0 Å². The second kappa shape index (κ2) is 4.09. The number of nitrogens with zero attached hydrogens (tertiary/aromatic N) is 1. The normalized spacial score (nSPS) is 24.3. The molecule has 16 heavy (non-hydrogen) atoms. The van der Waals surface area contributed by atoms with Crippen LogP contribution >= 0.6 is 11.8 Å². The van der Waals surface area contributed by atoms with Crippen LogP contribution in [0.5, 0.6) is 0 Å². The Bertz CT molecular complexity index is 429. The van der Waals surface area contributed by atoms with Gasteiger partial charge in [-0.15, -0.1) is 0 Å². The maximum atomic E-state index is 13.0. The van der Waals surface area contributed by atoms with E-state index in [2.05, 4.69) is 10.3 Å². The van der Waals surface area contributed by atoms with Crippen molar-refractivity contribution in [2.75, 3.05) is 11.9 Å². The molecule has 0 radical (unpaired) electrons. The van der Waals surface area contributed by atoms with Crippen LogP contribution in [0.1, 0.15) is 12.8 Å². The predicted octanol–water partition coefficient (Wildman–Crippen LogP) is 3.12. The Balaban J connectivity index is 1.63. The van der Waals surface area contributed by atoms with Crippen molar-refractivity contribution in [2.24, 2.45) is 10.9 Å². The summed E-state index contributed by atoms with van der Waals surface area (Å²) in [6, 6.07) is 6.50. The lowest BCUT2D eigenvalue weighted by molar-refractivity contribution is 0.628. The highest BCUT2D eigenvalue weighted by Gasteiger charge is 2.35. The molecule has 3 rings (SSSR count). The maximum Gasteiger partial charge on any atom is 0.161 e. The molecule has 0 amide bonds. The summed E-state index contributed by atoms with van der Waals surface area (Å²) in [7, 11) is 0. The van der Waals surface area contributed by atoms with Crippen LogP contribution in [0.15, 0.2) is 29.3 Å². The lowest BCUT2D eigenvalue weighted by Crippen LogP contribution is -2.08. The van der Waals surface area contributed by atoms with E-state index < -0.39 is 0 Å². The van der Waals surface area contributed by atoms with Gasteiger partial charge in [0.1, 0.15) is 5.82 Å². The van der Waals surface area contributed by atoms with Crippen LogP contribution in [0, 0.1) is 11.7 Å². The van der Waals surface area contributed by atoms with E-state index in [4.69, 9.17) is 0 Å². The van der Waals surface area contributed by atoms with Crippen molar-refractivity contribution < 1.29 is 4.39 Å². The van der Waals surface area contributed by atoms with E-state index in [0.717, 1.165) is 23.3 Å². The Labute approximate surface area is 98.3 Å². The first kappa shape index (κ1) is 10.1. The summed E-state index contributed by atoms with van der Waals surface area (Å²) in [4.78, 5) is 4.45. The molecule has 1 unspecified atom stereocenters. The van der Waals surface area contributed by atoms with Gasteiger partial charge in [0.2, 0.25) is 0 Å². The van der Waals surface area contributed by atoms with Crippen LogP contribution in [0.3, 0.4) is 0 Å². The van der Waals surface area contributed by atoms with Crippen LogP contribution in [-0.2, 0) is 0 Å². The molecule has 1 fully saturated rings. The van der Waals surface area contributed by atoms with Gasteiger partial charge in [-0.3, -0.25) is 4.99 Å². The number of thioether (sulfide) groups is 1. The van der Waals surface area contributed by atoms with Gasteiger partial charge in [0.25, 0.3) is 0 Å². The third-order valence-electron chi connectivity index (χ3n) is 2.90. The number of amidine groups is 1. The molecule has 0 saturated heterocycles. The zero-order valence-electron chi connectivity index (χ0n) is 8.82. The number of benzene rings is 1. The molecule has 1 aliphatic heterocycles. The van der Waals surface area contributed by atoms with Gasteiger partial charge >= 0.3 is 0 Å². The average Bonchev–Trinajstić information content (AvgIpc) is 3.01. The number of nitrogens with one attached hydrogen (secondary N) is 1. The first-order chi connectivity index (χ1) is 7.81. The van der Waals surface area contributed by atoms with Gasteiger partial charge in [0, 0.05) is 10.9 Å². The number of rotatable bonds is 2. The highest BCUT2D eigenvalue weighted by Crippen LogP contribution is 2.41. The van der Waals surface area contributed by atoms with E-state index in [1.54, 1.807) is 17.8 Å². The van der Waals surface area contributed by atoms with E-state index in [-0.39, 0.29) is 5.82 Å². The molecule has 84 valence electrons. The lowest BCUT2D eigenvalue weighted by Gasteiger charge is -2.07. The van der Waals surface area contributed by atoms with Crippen LogP contribution in [0.4, 0.5) is 10.1 Å². The van der Waals surface area contributed by atoms with E-state index in [1.807, 2.05) is 6.07 Å². The van der Waals surface area contributed by atoms with Gasteiger partial charge in [-0.25, -0.2) is 4.39 Å². The Kier molecular flexibility index (Phi) is 2.59. The molecule has 1 aromatic carbocycles. The van der Waals surface area contributed by atoms with Crippen molar-refractivity contribution in [3.63, 3.8) is 0 Å². The van der Waals surface area contributed by atoms with Crippen molar-refractivity contribution in [1.82, 2.24) is 0 Å². The topological polar surface area (TPSA) is 24.4 Å². The smallest absolute Gasteiger partial charge is 0.161 e. The second-order valence-corrected chi connectivity index (χ2v) is 5.50. The molecule has 1 atom stereocenters. The fourth-order valence-electron chi connectivity index (χ4n) is 1.86. The molecule has 1 aromatic rings. The van der Waals surface area contributed by atoms with Crippen molar-refractivity contribution in [3.8, 4) is 0 Å². The Morgan fingerprint density at radius 3 is 3.00 bits per heavy atom. The van der Waals surface area contributed by atoms with Crippen molar-refractivity contribution in [2.45, 2.75) is 18.1 Å². The molecule has 1 N–H and O–H groups in total. The summed E-state index contributed by atoms with van der Waals surface area (Å²) in [5.41, 5.74) is 0.780. The molecular weight excluding hydrogens is 223 g/mol. The van der Waals surface area contributed by atoms with Crippen LogP contribution in [0.2, 0.25) is 0 Å². The first-order valence-corrected chi connectivity index (χ1v) is 6.43. The fourth-order valence-corrected chi connectivity index (χ4v) is 3.09. The first-order valence-electron chi connectivity index (χ1n) is 5.55. The maximum absolute atomic E-state index is 13.0. The van der Waals surface area contributed by atoms with E-state index in [0.29, 0.717) is 5.25 Å². The summed E-state index contributed by atoms with van der Waals surface area (Å²) in [6.45, 7) is 0.910. The molecule has 1 aliphatic carbocycles. The second-order valence-electron chi connectivity index (χ2n) is 4.27. The third kappa shape index (κ3) is 2.21. The molecule has 2 nitrogen and oxygen atoms in total. The summed E-state index contributed by atoms with van der Waals surface area (Å²) >= 11 is 1.80. The highest BCUT2D eigenvalue weighted by atomic mass is 32.2. The zero-order valence-corrected chi connectivity index (χ0v) is 9.64. The Hall–Kier alpha value is -1.03. The minimum Gasteiger partial charge on any atom is -0.335 e. The molecule has 4 heteroatoms. The van der Waals surface area contributed by atoms with Crippen LogP contribution in [-0.4, -0.2) is 17.0 Å². The number of hydrogen-bond acceptors (Lipinski definition) is 3. The number of anilines is 1. The minimum atomic E-state index is -0.215. The molecule has 1 heterocycles. The summed E-state index contributed by atoms with van der Waals surface area (Å²) in [6.07, 6.45) is 2.70. The van der Waals surface area contributed by atoms with Gasteiger partial charge in [0.15, 0.2) is 5.17 Å². The van der Waals surface area contributed by atoms with E-state index >= 15 is 0 Å². The van der Waals surface area contributed by atoms with Gasteiger partial charge in [-0.2, -0.15) is 0 Å². The monoisotopic (exact) mass is 236 g/mol. The molecule has 1 saturated carbocycles. The lowest BCUT2D eigenvalue weighted by atomic mass is 10.3. The molecule has 0 spiro atoms. The van der Waals surface area contributed by atoms with Gasteiger partial charge in [0.05, 0.1) is 6.54 Å². The number of aliphatic imine (C=N–C) groups is 1. The predicted molar refractivity (Wildman–Crippen MR) is 66.4 cm³/mol. The quantitative estimate of drug-likeness (QED) is 0.853. The standard InChI is InChI=1S/C12H13FN2S/c13-9-2-1-3-10(6-9)15-12-14-7-11(16-12)8-4-5-8/h1-3,6,8,11H,4-5,7H2,(H,14,15). The molecule has 0 aromatic heterocycles. The minimum absolute atomic E-state index is 0.215. The summed E-state index contributed by atoms with van der Waals surface area (Å²) < 4.78 is 13.0. The molecule has 2 aliphatic rings. The largest absolute Gasteiger partial charge is 0.335 e. The molecular formula is C12H13FN2S. The van der Waals surface area contributed by atoms with E-state index in [9.17, 15) is 4.39 Å². The Morgan fingerprint density at radius 1 is 1.38 bits per heavy atom. The van der Waals surface area contributed by atoms with Gasteiger partial charge in [-0.1, -0.05) is 17.8 Å². The molecule has 0 bridgehead atoms. The zero-order chi connectivity index (χ0) is 11.0. The van der Waals surface area contributed by atoms with Crippen molar-refractivity contribution in [3.05, 3.63) is 30.1 Å². The third-order valence-corrected chi connectivity index (χ3v) is 4.19. The van der Waals surface area contributed by atoms with Crippen molar-refractivity contribution in [1.29, 1.82) is 0 Å². The fraction of sp³-hybridized carbons (Fsp3) is 0.417. The van der Waals surface area contributed by atoms with Gasteiger partial charge in [-0.05, 0) is 37.0 Å². The average molecular weight is 236 g/mol. The number of halogens is 1. The van der Waals surface area contributed by atoms with Gasteiger partial charge < -0.3 is 5.32 Å². The summed E-state index contributed by atoms with van der Waals surface area (Å²) in [5, 5.41) is 4.75. The SMILES string of the molecule is Fc1cccc(NC2=NCC(C3CC3)S2)c1. The Morgan fingerprint density at radius 2 is 2.25 bits per heavy atom. The summed E-state index contributed by atoms with van der Waals surface area (Å²) in [5.74, 6) is 0.646. The highest BCUT2D eigenvalue weighted by molar-refractivity contribution is 8.15. The van der Waals surface area contributed by atoms with Crippen molar-refractivity contribution >= 4 is 22.6 Å². The van der Waals surface area contributed by atoms with Crippen LogP contribution < -0.4 is 5.32 Å². The number of hydrogen-bond donors (Lipinski definition) is 1.